The summed E-state index contributed by atoms with van der Waals surface area (Å²) in [5.74, 6) is 0.774. The zero-order valence-corrected chi connectivity index (χ0v) is 9.61. The molecule has 2 rings (SSSR count). The lowest BCUT2D eigenvalue weighted by Gasteiger charge is -2.07. The second-order valence-corrected chi connectivity index (χ2v) is 4.58. The molecule has 1 unspecified atom stereocenters. The first kappa shape index (κ1) is 10.6. The molecule has 1 aliphatic rings. The molecule has 1 aromatic heterocycles. The van der Waals surface area contributed by atoms with Crippen LogP contribution in [0, 0.1) is 5.92 Å². The SMILES string of the molecule is CN1CCC(Cc2cc(CN)n(C)n2)C1. The maximum absolute atomic E-state index is 5.63. The second kappa shape index (κ2) is 4.33. The number of nitrogens with two attached hydrogens (primary N) is 1. The van der Waals surface area contributed by atoms with Crippen molar-refractivity contribution in [2.24, 2.45) is 18.7 Å². The van der Waals surface area contributed by atoms with Crippen molar-refractivity contribution in [1.29, 1.82) is 0 Å². The van der Waals surface area contributed by atoms with Gasteiger partial charge in [0, 0.05) is 20.1 Å². The monoisotopic (exact) mass is 208 g/mol. The fraction of sp³-hybridized carbons (Fsp3) is 0.727. The predicted molar refractivity (Wildman–Crippen MR) is 60.4 cm³/mol. The molecule has 0 amide bonds. The maximum Gasteiger partial charge on any atom is 0.0631 e. The molecule has 1 aliphatic heterocycles. The van der Waals surface area contributed by atoms with Crippen LogP contribution < -0.4 is 5.73 Å². The molecule has 4 heteroatoms. The lowest BCUT2D eigenvalue weighted by molar-refractivity contribution is 0.393. The van der Waals surface area contributed by atoms with Crippen molar-refractivity contribution >= 4 is 0 Å². The van der Waals surface area contributed by atoms with E-state index in [0.29, 0.717) is 6.54 Å². The van der Waals surface area contributed by atoms with E-state index >= 15 is 0 Å². The van der Waals surface area contributed by atoms with E-state index in [4.69, 9.17) is 5.73 Å². The molecule has 1 aromatic rings. The standard InChI is InChI=1S/C11H20N4/c1-14-4-3-9(8-14)5-10-6-11(7-12)15(2)13-10/h6,9H,3-5,7-8,12H2,1-2H3. The van der Waals surface area contributed by atoms with E-state index in [0.717, 1.165) is 18.0 Å². The Morgan fingerprint density at radius 2 is 2.33 bits per heavy atom. The second-order valence-electron chi connectivity index (χ2n) is 4.58. The molecule has 0 aromatic carbocycles. The minimum absolute atomic E-state index is 0.577. The van der Waals surface area contributed by atoms with Crippen LogP contribution >= 0.6 is 0 Å². The van der Waals surface area contributed by atoms with Gasteiger partial charge in [-0.15, -0.1) is 0 Å². The van der Waals surface area contributed by atoms with E-state index in [1.807, 2.05) is 11.7 Å². The first-order valence-electron chi connectivity index (χ1n) is 5.59. The number of hydrogen-bond acceptors (Lipinski definition) is 3. The number of rotatable bonds is 3. The summed E-state index contributed by atoms with van der Waals surface area (Å²) in [6, 6.07) is 2.14. The molecule has 0 spiro atoms. The first-order valence-corrected chi connectivity index (χ1v) is 5.59. The normalized spacial score (nSPS) is 22.5. The third kappa shape index (κ3) is 2.38. The molecular formula is C11H20N4. The molecule has 0 radical (unpaired) electrons. The van der Waals surface area contributed by atoms with Gasteiger partial charge in [0.1, 0.15) is 0 Å². The van der Waals surface area contributed by atoms with Gasteiger partial charge in [-0.2, -0.15) is 5.10 Å². The van der Waals surface area contributed by atoms with Crippen LogP contribution in [0.15, 0.2) is 6.07 Å². The maximum atomic E-state index is 5.63. The van der Waals surface area contributed by atoms with Gasteiger partial charge in [-0.1, -0.05) is 0 Å². The van der Waals surface area contributed by atoms with Crippen LogP contribution in [0.1, 0.15) is 17.8 Å². The van der Waals surface area contributed by atoms with Gasteiger partial charge >= 0.3 is 0 Å². The molecule has 1 saturated heterocycles. The van der Waals surface area contributed by atoms with Crippen LogP contribution in [0.4, 0.5) is 0 Å². The lowest BCUT2D eigenvalue weighted by atomic mass is 10.0. The van der Waals surface area contributed by atoms with Crippen molar-refractivity contribution in [3.63, 3.8) is 0 Å². The Hall–Kier alpha value is -0.870. The van der Waals surface area contributed by atoms with E-state index in [9.17, 15) is 0 Å². The van der Waals surface area contributed by atoms with Gasteiger partial charge in [0.05, 0.1) is 11.4 Å². The van der Waals surface area contributed by atoms with Crippen molar-refractivity contribution in [3.05, 3.63) is 17.5 Å². The topological polar surface area (TPSA) is 47.1 Å². The van der Waals surface area contributed by atoms with Crippen LogP contribution in [0.3, 0.4) is 0 Å². The number of nitrogens with zero attached hydrogens (tertiary/aromatic N) is 3. The summed E-state index contributed by atoms with van der Waals surface area (Å²) in [5.41, 5.74) is 7.94. The molecule has 2 heterocycles. The largest absolute Gasteiger partial charge is 0.325 e. The van der Waals surface area contributed by atoms with Crippen LogP contribution in [0.25, 0.3) is 0 Å². The van der Waals surface area contributed by atoms with E-state index in [-0.39, 0.29) is 0 Å². The zero-order valence-electron chi connectivity index (χ0n) is 9.61. The summed E-state index contributed by atoms with van der Waals surface area (Å²) >= 11 is 0. The Morgan fingerprint density at radius 3 is 2.87 bits per heavy atom. The van der Waals surface area contributed by atoms with E-state index in [1.54, 1.807) is 0 Å². The Bertz CT molecular complexity index is 331. The predicted octanol–water partition coefficient (Wildman–Crippen LogP) is 0.373. The lowest BCUT2D eigenvalue weighted by Crippen LogP contribution is -2.15. The Morgan fingerprint density at radius 1 is 1.53 bits per heavy atom. The van der Waals surface area contributed by atoms with Crippen LogP contribution in [-0.2, 0) is 20.0 Å². The molecule has 0 bridgehead atoms. The third-order valence-electron chi connectivity index (χ3n) is 3.22. The molecule has 4 nitrogen and oxygen atoms in total. The van der Waals surface area contributed by atoms with Crippen LogP contribution in [0.2, 0.25) is 0 Å². The summed E-state index contributed by atoms with van der Waals surface area (Å²) in [6.45, 7) is 3.00. The first-order chi connectivity index (χ1) is 7.19. The minimum atomic E-state index is 0.577. The van der Waals surface area contributed by atoms with Crippen molar-refractivity contribution < 1.29 is 0 Å². The third-order valence-corrected chi connectivity index (χ3v) is 3.22. The van der Waals surface area contributed by atoms with Crippen molar-refractivity contribution in [3.8, 4) is 0 Å². The summed E-state index contributed by atoms with van der Waals surface area (Å²) in [7, 11) is 4.15. The summed E-state index contributed by atoms with van der Waals surface area (Å²) in [5, 5.41) is 4.49. The van der Waals surface area contributed by atoms with Gasteiger partial charge in [-0.05, 0) is 38.4 Å². The molecular weight excluding hydrogens is 188 g/mol. The molecule has 84 valence electrons. The summed E-state index contributed by atoms with van der Waals surface area (Å²) in [4.78, 5) is 2.39. The Labute approximate surface area is 91.1 Å². The van der Waals surface area contributed by atoms with Crippen molar-refractivity contribution in [1.82, 2.24) is 14.7 Å². The van der Waals surface area contributed by atoms with E-state index < -0.39 is 0 Å². The smallest absolute Gasteiger partial charge is 0.0631 e. The van der Waals surface area contributed by atoms with Gasteiger partial charge in [-0.25, -0.2) is 0 Å². The number of aryl methyl sites for hydroxylation is 1. The van der Waals surface area contributed by atoms with Crippen LogP contribution in [-0.4, -0.2) is 34.8 Å². The average Bonchev–Trinajstić information content (AvgIpc) is 2.73. The highest BCUT2D eigenvalue weighted by molar-refractivity contribution is 5.11. The quantitative estimate of drug-likeness (QED) is 0.781. The van der Waals surface area contributed by atoms with Gasteiger partial charge in [-0.3, -0.25) is 4.68 Å². The fourth-order valence-corrected chi connectivity index (χ4v) is 2.35. The number of likely N-dealkylation sites (tertiary alicyclic amines) is 1. The molecule has 15 heavy (non-hydrogen) atoms. The molecule has 2 N–H and O–H groups in total. The zero-order chi connectivity index (χ0) is 10.8. The van der Waals surface area contributed by atoms with Gasteiger partial charge in [0.15, 0.2) is 0 Å². The van der Waals surface area contributed by atoms with Gasteiger partial charge < -0.3 is 10.6 Å². The highest BCUT2D eigenvalue weighted by Gasteiger charge is 2.20. The molecule has 0 saturated carbocycles. The minimum Gasteiger partial charge on any atom is -0.325 e. The summed E-state index contributed by atoms with van der Waals surface area (Å²) < 4.78 is 1.90. The highest BCUT2D eigenvalue weighted by Crippen LogP contribution is 2.19. The molecule has 1 atom stereocenters. The Kier molecular flexibility index (Phi) is 3.07. The number of aromatic nitrogens is 2. The van der Waals surface area contributed by atoms with Crippen LogP contribution in [0.5, 0.6) is 0 Å². The van der Waals surface area contributed by atoms with Gasteiger partial charge in [0.2, 0.25) is 0 Å². The van der Waals surface area contributed by atoms with E-state index in [2.05, 4.69) is 23.1 Å². The average molecular weight is 208 g/mol. The Balaban J connectivity index is 1.98. The summed E-state index contributed by atoms with van der Waals surface area (Å²) in [6.07, 6.45) is 2.39. The molecule has 1 fully saturated rings. The fourth-order valence-electron chi connectivity index (χ4n) is 2.35. The van der Waals surface area contributed by atoms with E-state index in [1.165, 1.54) is 25.2 Å². The number of hydrogen-bond donors (Lipinski definition) is 1. The molecule has 0 aliphatic carbocycles. The highest BCUT2D eigenvalue weighted by atomic mass is 15.3. The van der Waals surface area contributed by atoms with Crippen molar-refractivity contribution in [2.75, 3.05) is 20.1 Å². The van der Waals surface area contributed by atoms with Crippen molar-refractivity contribution in [2.45, 2.75) is 19.4 Å². The van der Waals surface area contributed by atoms with Gasteiger partial charge in [0.25, 0.3) is 0 Å².